The topological polar surface area (TPSA) is 153 Å². The SMILES string of the molecule is CS(=O)CCC(N=C/C=C1\C=C(C(=O)O)NC(C(=O)O)C1)C(=O)O. The summed E-state index contributed by atoms with van der Waals surface area (Å²) in [5, 5.41) is 29.4. The van der Waals surface area contributed by atoms with Crippen molar-refractivity contribution in [2.45, 2.75) is 24.9 Å². The maximum atomic E-state index is 11.1. The van der Waals surface area contributed by atoms with Gasteiger partial charge in [0, 0.05) is 35.4 Å². The van der Waals surface area contributed by atoms with Crippen molar-refractivity contribution in [2.75, 3.05) is 12.0 Å². The molecule has 0 fully saturated rings. The zero-order chi connectivity index (χ0) is 18.3. The number of hydrogen-bond donors (Lipinski definition) is 4. The van der Waals surface area contributed by atoms with E-state index in [-0.39, 0.29) is 24.3 Å². The van der Waals surface area contributed by atoms with E-state index in [1.54, 1.807) is 0 Å². The first kappa shape index (κ1) is 19.6. The molecular formula is C14H18N2O7S. The molecule has 132 valence electrons. The van der Waals surface area contributed by atoms with Crippen LogP contribution in [0.25, 0.3) is 0 Å². The average Bonchev–Trinajstić information content (AvgIpc) is 2.49. The standard InChI is InChI=1S/C14H18N2O7S/c1-24(23)5-3-9(12(17)18)15-4-2-8-6-10(13(19)20)16-11(7-8)14(21)22/h2,4,6,9,11,16H,3,5,7H2,1H3,(H,17,18)(H,19,20)(H,21,22)/b8-2+,15-4?. The zero-order valence-corrected chi connectivity index (χ0v) is 13.7. The third kappa shape index (κ3) is 6.32. The molecule has 0 aromatic heterocycles. The lowest BCUT2D eigenvalue weighted by Gasteiger charge is -2.21. The fourth-order valence-electron chi connectivity index (χ4n) is 1.93. The maximum Gasteiger partial charge on any atom is 0.351 e. The molecule has 1 aliphatic rings. The molecule has 0 saturated heterocycles. The number of carboxylic acids is 3. The molecule has 10 heteroatoms. The lowest BCUT2D eigenvalue weighted by molar-refractivity contribution is -0.140. The smallest absolute Gasteiger partial charge is 0.351 e. The Kier molecular flexibility index (Phi) is 7.31. The third-order valence-corrected chi connectivity index (χ3v) is 3.96. The van der Waals surface area contributed by atoms with Crippen molar-refractivity contribution in [1.82, 2.24) is 5.32 Å². The summed E-state index contributed by atoms with van der Waals surface area (Å²) in [6.07, 6.45) is 5.45. The number of nitrogens with one attached hydrogen (secondary N) is 1. The van der Waals surface area contributed by atoms with Gasteiger partial charge in [0.05, 0.1) is 0 Å². The van der Waals surface area contributed by atoms with Gasteiger partial charge in [-0.05, 0) is 24.1 Å². The predicted molar refractivity (Wildman–Crippen MR) is 86.4 cm³/mol. The third-order valence-electron chi connectivity index (χ3n) is 3.15. The molecule has 1 rings (SSSR count). The summed E-state index contributed by atoms with van der Waals surface area (Å²) in [5.41, 5.74) is 0.134. The maximum absolute atomic E-state index is 11.1. The van der Waals surface area contributed by atoms with Gasteiger partial charge in [-0.2, -0.15) is 0 Å². The van der Waals surface area contributed by atoms with Gasteiger partial charge in [0.15, 0.2) is 0 Å². The number of aliphatic carboxylic acids is 3. The first-order valence-corrected chi connectivity index (χ1v) is 8.63. The second-order valence-corrected chi connectivity index (χ2v) is 6.62. The molecular weight excluding hydrogens is 340 g/mol. The number of hydrogen-bond acceptors (Lipinski definition) is 6. The predicted octanol–water partition coefficient (Wildman–Crippen LogP) is -0.380. The summed E-state index contributed by atoms with van der Waals surface area (Å²) in [4.78, 5) is 37.0. The van der Waals surface area contributed by atoms with Crippen LogP contribution in [0.2, 0.25) is 0 Å². The van der Waals surface area contributed by atoms with Gasteiger partial charge in [0.25, 0.3) is 0 Å². The minimum Gasteiger partial charge on any atom is -0.480 e. The van der Waals surface area contributed by atoms with E-state index in [9.17, 15) is 18.6 Å². The Morgan fingerprint density at radius 3 is 2.58 bits per heavy atom. The first-order chi connectivity index (χ1) is 11.2. The summed E-state index contributed by atoms with van der Waals surface area (Å²) < 4.78 is 11.0. The molecule has 1 heterocycles. The van der Waals surface area contributed by atoms with Crippen molar-refractivity contribution in [3.05, 3.63) is 23.4 Å². The van der Waals surface area contributed by atoms with Crippen LogP contribution >= 0.6 is 0 Å². The molecule has 0 aromatic carbocycles. The molecule has 3 unspecified atom stereocenters. The summed E-state index contributed by atoms with van der Waals surface area (Å²) in [7, 11) is -1.13. The quantitative estimate of drug-likeness (QED) is 0.428. The molecule has 4 N–H and O–H groups in total. The Balaban J connectivity index is 2.90. The van der Waals surface area contributed by atoms with Crippen molar-refractivity contribution in [1.29, 1.82) is 0 Å². The van der Waals surface area contributed by atoms with Crippen molar-refractivity contribution >= 4 is 34.9 Å². The number of nitrogens with zero attached hydrogens (tertiary/aromatic N) is 1. The second kappa shape index (κ2) is 8.96. The first-order valence-electron chi connectivity index (χ1n) is 6.90. The lowest BCUT2D eigenvalue weighted by Crippen LogP contribution is -2.41. The lowest BCUT2D eigenvalue weighted by atomic mass is 10.00. The number of allylic oxidation sites excluding steroid dienone is 2. The van der Waals surface area contributed by atoms with Gasteiger partial charge in [0.1, 0.15) is 17.8 Å². The number of rotatable bonds is 8. The average molecular weight is 358 g/mol. The fourth-order valence-corrected chi connectivity index (χ4v) is 2.49. The molecule has 0 aromatic rings. The molecule has 0 radical (unpaired) electrons. The molecule has 3 atom stereocenters. The second-order valence-electron chi connectivity index (χ2n) is 5.06. The van der Waals surface area contributed by atoms with E-state index in [4.69, 9.17) is 15.3 Å². The van der Waals surface area contributed by atoms with Gasteiger partial charge >= 0.3 is 17.9 Å². The Bertz CT molecular complexity index is 639. The molecule has 0 amide bonds. The normalized spacial score (nSPS) is 21.8. The number of carboxylic acid groups (broad SMARTS) is 3. The van der Waals surface area contributed by atoms with Crippen LogP contribution in [0.1, 0.15) is 12.8 Å². The van der Waals surface area contributed by atoms with Crippen molar-refractivity contribution in [3.63, 3.8) is 0 Å². The minimum absolute atomic E-state index is 0.0366. The van der Waals surface area contributed by atoms with Crippen LogP contribution in [0.3, 0.4) is 0 Å². The Morgan fingerprint density at radius 1 is 1.42 bits per heavy atom. The van der Waals surface area contributed by atoms with Gasteiger partial charge in [-0.15, -0.1) is 0 Å². The highest BCUT2D eigenvalue weighted by Gasteiger charge is 2.26. The van der Waals surface area contributed by atoms with Crippen molar-refractivity contribution in [3.8, 4) is 0 Å². The fraction of sp³-hybridized carbons (Fsp3) is 0.429. The Morgan fingerprint density at radius 2 is 2.08 bits per heavy atom. The van der Waals surface area contributed by atoms with Gasteiger partial charge in [-0.25, -0.2) is 14.4 Å². The van der Waals surface area contributed by atoms with Gasteiger partial charge < -0.3 is 20.6 Å². The molecule has 1 aliphatic heterocycles. The van der Waals surface area contributed by atoms with Gasteiger partial charge in [-0.3, -0.25) is 9.20 Å². The van der Waals surface area contributed by atoms with Crippen LogP contribution in [0.15, 0.2) is 28.4 Å². The van der Waals surface area contributed by atoms with Gasteiger partial charge in [-0.1, -0.05) is 0 Å². The Labute approximate surface area is 140 Å². The summed E-state index contributed by atoms with van der Waals surface area (Å²) >= 11 is 0. The van der Waals surface area contributed by atoms with Crippen LogP contribution in [-0.2, 0) is 25.2 Å². The van der Waals surface area contributed by atoms with E-state index < -0.39 is 40.8 Å². The largest absolute Gasteiger partial charge is 0.480 e. The highest BCUT2D eigenvalue weighted by atomic mass is 32.2. The molecule has 9 nitrogen and oxygen atoms in total. The number of carbonyl (C=O) groups is 3. The molecule has 0 bridgehead atoms. The molecule has 0 saturated carbocycles. The van der Waals surface area contributed by atoms with Crippen LogP contribution in [0.4, 0.5) is 0 Å². The van der Waals surface area contributed by atoms with E-state index in [2.05, 4.69) is 10.3 Å². The highest BCUT2D eigenvalue weighted by Crippen LogP contribution is 2.16. The van der Waals surface area contributed by atoms with E-state index >= 15 is 0 Å². The van der Waals surface area contributed by atoms with Crippen molar-refractivity contribution < 1.29 is 33.9 Å². The minimum atomic E-state index is -1.29. The van der Waals surface area contributed by atoms with E-state index in [0.29, 0.717) is 5.57 Å². The van der Waals surface area contributed by atoms with Crippen LogP contribution in [0, 0.1) is 0 Å². The summed E-state index contributed by atoms with van der Waals surface area (Å²) in [6, 6.07) is -2.15. The van der Waals surface area contributed by atoms with E-state index in [1.807, 2.05) is 0 Å². The molecule has 0 spiro atoms. The zero-order valence-electron chi connectivity index (χ0n) is 12.8. The van der Waals surface area contributed by atoms with Gasteiger partial charge in [0.2, 0.25) is 0 Å². The van der Waals surface area contributed by atoms with Crippen molar-refractivity contribution in [2.24, 2.45) is 4.99 Å². The Hall–Kier alpha value is -2.49. The highest BCUT2D eigenvalue weighted by molar-refractivity contribution is 7.84. The number of aliphatic imine (C=N–C) groups is 1. The summed E-state index contributed by atoms with van der Waals surface area (Å²) in [6.45, 7) is 0. The molecule has 0 aliphatic carbocycles. The van der Waals surface area contributed by atoms with E-state index in [0.717, 1.165) is 0 Å². The summed E-state index contributed by atoms with van der Waals surface area (Å²) in [5.74, 6) is -3.46. The van der Waals surface area contributed by atoms with Crippen LogP contribution in [0.5, 0.6) is 0 Å². The van der Waals surface area contributed by atoms with E-state index in [1.165, 1.54) is 24.6 Å². The van der Waals surface area contributed by atoms with Crippen LogP contribution < -0.4 is 5.32 Å². The molecule has 24 heavy (non-hydrogen) atoms. The van der Waals surface area contributed by atoms with Crippen LogP contribution in [-0.4, -0.2) is 67.7 Å². The monoisotopic (exact) mass is 358 g/mol.